The maximum Gasteiger partial charge on any atom is 0.227 e. The molecule has 0 bridgehead atoms. The molecule has 0 radical (unpaired) electrons. The SMILES string of the molecule is O=Nc1ncnc2c1ncn2[C@H]1CC[C@@H](CO)O1. The predicted octanol–water partition coefficient (Wildman–Crippen LogP) is 0.894. The number of hydrogen-bond acceptors (Lipinski definition) is 7. The van der Waals surface area contributed by atoms with Crippen molar-refractivity contribution in [3.05, 3.63) is 17.6 Å². The van der Waals surface area contributed by atoms with Crippen LogP contribution in [0.5, 0.6) is 0 Å². The summed E-state index contributed by atoms with van der Waals surface area (Å²) >= 11 is 0. The quantitative estimate of drug-likeness (QED) is 0.810. The van der Waals surface area contributed by atoms with Gasteiger partial charge in [0.2, 0.25) is 5.82 Å². The topological polar surface area (TPSA) is 102 Å². The summed E-state index contributed by atoms with van der Waals surface area (Å²) < 4.78 is 7.38. The van der Waals surface area contributed by atoms with Gasteiger partial charge < -0.3 is 9.84 Å². The smallest absolute Gasteiger partial charge is 0.227 e. The highest BCUT2D eigenvalue weighted by molar-refractivity contribution is 5.80. The van der Waals surface area contributed by atoms with Gasteiger partial charge in [-0.15, -0.1) is 4.91 Å². The number of aliphatic hydroxyl groups is 1. The summed E-state index contributed by atoms with van der Waals surface area (Å²) in [6.07, 6.45) is 4.00. The molecule has 18 heavy (non-hydrogen) atoms. The Kier molecular flexibility index (Phi) is 2.73. The minimum atomic E-state index is -0.221. The minimum absolute atomic E-state index is 0.000737. The number of aliphatic hydroxyl groups excluding tert-OH is 1. The van der Waals surface area contributed by atoms with Crippen LogP contribution in [0.1, 0.15) is 19.1 Å². The highest BCUT2D eigenvalue weighted by Gasteiger charge is 2.27. The Labute approximate surface area is 102 Å². The van der Waals surface area contributed by atoms with Gasteiger partial charge in [-0.3, -0.25) is 4.57 Å². The van der Waals surface area contributed by atoms with Crippen LogP contribution in [0.2, 0.25) is 0 Å². The van der Waals surface area contributed by atoms with Crippen LogP contribution in [-0.4, -0.2) is 37.3 Å². The molecule has 1 fully saturated rings. The lowest BCUT2D eigenvalue weighted by molar-refractivity contribution is -0.0207. The number of hydrogen-bond donors (Lipinski definition) is 1. The lowest BCUT2D eigenvalue weighted by Gasteiger charge is -2.13. The fourth-order valence-electron chi connectivity index (χ4n) is 2.14. The van der Waals surface area contributed by atoms with Crippen LogP contribution >= 0.6 is 0 Å². The van der Waals surface area contributed by atoms with E-state index >= 15 is 0 Å². The first-order valence-corrected chi connectivity index (χ1v) is 5.60. The van der Waals surface area contributed by atoms with Crippen molar-refractivity contribution < 1.29 is 9.84 Å². The Morgan fingerprint density at radius 1 is 1.44 bits per heavy atom. The molecule has 0 saturated carbocycles. The fraction of sp³-hybridized carbons (Fsp3) is 0.500. The van der Waals surface area contributed by atoms with E-state index < -0.39 is 0 Å². The number of nitroso groups, excluding NO2 is 1. The summed E-state index contributed by atoms with van der Waals surface area (Å²) in [5.74, 6) is 0.0236. The van der Waals surface area contributed by atoms with E-state index in [4.69, 9.17) is 9.84 Å². The molecule has 0 spiro atoms. The fourth-order valence-corrected chi connectivity index (χ4v) is 2.14. The Bertz CT molecular complexity index is 584. The maximum atomic E-state index is 10.6. The largest absolute Gasteiger partial charge is 0.394 e. The van der Waals surface area contributed by atoms with Crippen molar-refractivity contribution in [1.29, 1.82) is 0 Å². The minimum Gasteiger partial charge on any atom is -0.394 e. The van der Waals surface area contributed by atoms with Gasteiger partial charge in [-0.1, -0.05) is 0 Å². The summed E-state index contributed by atoms with van der Waals surface area (Å²) in [4.78, 5) is 22.5. The monoisotopic (exact) mass is 249 g/mol. The van der Waals surface area contributed by atoms with Crippen molar-refractivity contribution in [2.24, 2.45) is 5.18 Å². The zero-order valence-electron chi connectivity index (χ0n) is 9.43. The standard InChI is InChI=1S/C10H11N5O3/c16-3-6-1-2-7(18-6)15-5-13-8-9(14-17)11-4-12-10(8)15/h4-7,16H,1-3H2/t6-,7+/m0/s1. The average molecular weight is 249 g/mol. The molecule has 1 aliphatic rings. The van der Waals surface area contributed by atoms with E-state index in [1.54, 1.807) is 10.9 Å². The molecule has 3 rings (SSSR count). The summed E-state index contributed by atoms with van der Waals surface area (Å²) in [6.45, 7) is -0.000737. The second kappa shape index (κ2) is 4.39. The third-order valence-electron chi connectivity index (χ3n) is 3.02. The van der Waals surface area contributed by atoms with Crippen molar-refractivity contribution in [3.63, 3.8) is 0 Å². The second-order valence-electron chi connectivity index (χ2n) is 4.09. The second-order valence-corrected chi connectivity index (χ2v) is 4.09. The molecule has 8 heteroatoms. The number of nitrogens with zero attached hydrogens (tertiary/aromatic N) is 5. The van der Waals surface area contributed by atoms with Gasteiger partial charge in [0.25, 0.3) is 0 Å². The highest BCUT2D eigenvalue weighted by atomic mass is 16.5. The van der Waals surface area contributed by atoms with Crippen molar-refractivity contribution in [2.75, 3.05) is 6.61 Å². The zero-order chi connectivity index (χ0) is 12.5. The average Bonchev–Trinajstić information content (AvgIpc) is 3.03. The summed E-state index contributed by atoms with van der Waals surface area (Å²) in [5.41, 5.74) is 0.881. The van der Waals surface area contributed by atoms with Gasteiger partial charge in [-0.2, -0.15) is 0 Å². The van der Waals surface area contributed by atoms with Gasteiger partial charge in [0.15, 0.2) is 11.2 Å². The van der Waals surface area contributed by atoms with E-state index in [-0.39, 0.29) is 24.8 Å². The van der Waals surface area contributed by atoms with Gasteiger partial charge >= 0.3 is 0 Å². The first-order chi connectivity index (χ1) is 8.83. The number of rotatable bonds is 3. The molecule has 0 amide bonds. The van der Waals surface area contributed by atoms with Crippen molar-refractivity contribution >= 4 is 17.0 Å². The Morgan fingerprint density at radius 3 is 3.06 bits per heavy atom. The number of fused-ring (bicyclic) bond motifs is 1. The molecular formula is C10H11N5O3. The van der Waals surface area contributed by atoms with Gasteiger partial charge in [-0.25, -0.2) is 15.0 Å². The lowest BCUT2D eigenvalue weighted by Crippen LogP contribution is -2.14. The molecule has 0 unspecified atom stereocenters. The number of ether oxygens (including phenoxy) is 1. The van der Waals surface area contributed by atoms with Crippen LogP contribution in [0.4, 0.5) is 5.82 Å². The summed E-state index contributed by atoms with van der Waals surface area (Å²) in [6, 6.07) is 0. The van der Waals surface area contributed by atoms with Crippen LogP contribution in [0.25, 0.3) is 11.2 Å². The predicted molar refractivity (Wildman–Crippen MR) is 61.0 cm³/mol. The van der Waals surface area contributed by atoms with Gasteiger partial charge in [-0.05, 0) is 18.0 Å². The van der Waals surface area contributed by atoms with Crippen LogP contribution in [-0.2, 0) is 4.74 Å². The van der Waals surface area contributed by atoms with Crippen LogP contribution in [0, 0.1) is 4.91 Å². The van der Waals surface area contributed by atoms with E-state index in [9.17, 15) is 4.91 Å². The molecule has 1 saturated heterocycles. The van der Waals surface area contributed by atoms with Crippen LogP contribution in [0.15, 0.2) is 17.8 Å². The molecule has 8 nitrogen and oxygen atoms in total. The molecule has 1 aliphatic heterocycles. The van der Waals surface area contributed by atoms with Gasteiger partial charge in [0.1, 0.15) is 12.6 Å². The molecule has 94 valence electrons. The Balaban J connectivity index is 2.01. The Hall–Kier alpha value is -1.93. The van der Waals surface area contributed by atoms with Crippen molar-refractivity contribution in [3.8, 4) is 0 Å². The van der Waals surface area contributed by atoms with Crippen LogP contribution < -0.4 is 0 Å². The maximum absolute atomic E-state index is 10.6. The third kappa shape index (κ3) is 1.66. The molecule has 1 N–H and O–H groups in total. The molecule has 2 atom stereocenters. The molecule has 2 aromatic rings. The van der Waals surface area contributed by atoms with Gasteiger partial charge in [0, 0.05) is 0 Å². The van der Waals surface area contributed by atoms with E-state index in [1.807, 2.05) is 0 Å². The number of aromatic nitrogens is 4. The first-order valence-electron chi connectivity index (χ1n) is 5.60. The third-order valence-corrected chi connectivity index (χ3v) is 3.02. The van der Waals surface area contributed by atoms with E-state index in [1.165, 1.54) is 6.33 Å². The lowest BCUT2D eigenvalue weighted by atomic mass is 10.2. The molecular weight excluding hydrogens is 238 g/mol. The zero-order valence-corrected chi connectivity index (χ0v) is 9.43. The molecule has 0 aliphatic carbocycles. The molecule has 3 heterocycles. The normalized spacial score (nSPS) is 23.6. The van der Waals surface area contributed by atoms with Crippen LogP contribution in [0.3, 0.4) is 0 Å². The van der Waals surface area contributed by atoms with Crippen molar-refractivity contribution in [1.82, 2.24) is 19.5 Å². The Morgan fingerprint density at radius 2 is 2.33 bits per heavy atom. The van der Waals surface area contributed by atoms with Crippen molar-refractivity contribution in [2.45, 2.75) is 25.2 Å². The summed E-state index contributed by atoms with van der Waals surface area (Å²) in [5, 5.41) is 11.9. The number of imidazole rings is 1. The first kappa shape index (κ1) is 11.2. The van der Waals surface area contributed by atoms with E-state index in [2.05, 4.69) is 20.1 Å². The van der Waals surface area contributed by atoms with E-state index in [0.717, 1.165) is 12.8 Å². The summed E-state index contributed by atoms with van der Waals surface area (Å²) in [7, 11) is 0. The highest BCUT2D eigenvalue weighted by Crippen LogP contribution is 2.31. The molecule has 0 aromatic carbocycles. The molecule has 2 aromatic heterocycles. The van der Waals surface area contributed by atoms with E-state index in [0.29, 0.717) is 11.2 Å². The van der Waals surface area contributed by atoms with Gasteiger partial charge in [0.05, 0.1) is 19.0 Å².